The van der Waals surface area contributed by atoms with Gasteiger partial charge >= 0.3 is 0 Å². The number of hydrogen-bond acceptors (Lipinski definition) is 2. The summed E-state index contributed by atoms with van der Waals surface area (Å²) in [7, 11) is 0. The third-order valence-electron chi connectivity index (χ3n) is 3.25. The normalized spacial score (nSPS) is 11.6. The van der Waals surface area contributed by atoms with Crippen LogP contribution in [0.2, 0.25) is 0 Å². The van der Waals surface area contributed by atoms with Crippen LogP contribution in [0.5, 0.6) is 0 Å². The Morgan fingerprint density at radius 3 is 2.32 bits per heavy atom. The minimum Gasteiger partial charge on any atom is -0.464 e. The second-order valence-electron chi connectivity index (χ2n) is 5.87. The van der Waals surface area contributed by atoms with Crippen LogP contribution in [0, 0.1) is 0 Å². The van der Waals surface area contributed by atoms with Gasteiger partial charge in [-0.25, -0.2) is 0 Å². The average Bonchev–Trinajstić information content (AvgIpc) is 2.83. The van der Waals surface area contributed by atoms with Crippen molar-refractivity contribution in [2.45, 2.75) is 46.1 Å². The zero-order valence-corrected chi connectivity index (χ0v) is 12.3. The summed E-state index contributed by atoms with van der Waals surface area (Å²) in [6.45, 7) is 9.53. The van der Waals surface area contributed by atoms with Crippen LogP contribution in [0.4, 0.5) is 5.69 Å². The van der Waals surface area contributed by atoms with Gasteiger partial charge in [-0.15, -0.1) is 0 Å². The molecule has 0 amide bonds. The summed E-state index contributed by atoms with van der Waals surface area (Å²) in [5, 5.41) is 3.48. The van der Waals surface area contributed by atoms with Gasteiger partial charge in [0.1, 0.15) is 11.5 Å². The molecule has 0 spiro atoms. The molecule has 0 saturated heterocycles. The van der Waals surface area contributed by atoms with Gasteiger partial charge in [0, 0.05) is 12.1 Å². The highest BCUT2D eigenvalue weighted by molar-refractivity contribution is 5.54. The molecule has 0 unspecified atom stereocenters. The lowest BCUT2D eigenvalue weighted by atomic mass is 9.86. The molecule has 0 saturated carbocycles. The molecule has 2 heteroatoms. The Morgan fingerprint density at radius 2 is 1.68 bits per heavy atom. The van der Waals surface area contributed by atoms with E-state index >= 15 is 0 Å². The zero-order chi connectivity index (χ0) is 13.9. The lowest BCUT2D eigenvalue weighted by molar-refractivity contribution is 0.475. The minimum absolute atomic E-state index is 0.140. The first-order valence-electron chi connectivity index (χ1n) is 6.91. The van der Waals surface area contributed by atoms with E-state index in [9.17, 15) is 0 Å². The van der Waals surface area contributed by atoms with Crippen LogP contribution >= 0.6 is 0 Å². The first-order valence-corrected chi connectivity index (χ1v) is 6.91. The van der Waals surface area contributed by atoms with Gasteiger partial charge in [0.15, 0.2) is 0 Å². The summed E-state index contributed by atoms with van der Waals surface area (Å²) in [6, 6.07) is 12.6. The van der Waals surface area contributed by atoms with E-state index in [1.165, 1.54) is 11.3 Å². The quantitative estimate of drug-likeness (QED) is 0.855. The van der Waals surface area contributed by atoms with Crippen molar-refractivity contribution in [1.82, 2.24) is 0 Å². The Bertz CT molecular complexity index is 534. The Morgan fingerprint density at radius 1 is 1.00 bits per heavy atom. The van der Waals surface area contributed by atoms with Crippen LogP contribution < -0.4 is 5.32 Å². The SMILES string of the molecule is CCc1ccc(CNc2ccccc2C(C)(C)C)o1. The largest absolute Gasteiger partial charge is 0.464 e. The molecule has 0 bridgehead atoms. The van der Waals surface area contributed by atoms with Gasteiger partial charge in [-0.1, -0.05) is 45.9 Å². The van der Waals surface area contributed by atoms with Crippen LogP contribution in [-0.4, -0.2) is 0 Å². The average molecular weight is 257 g/mol. The van der Waals surface area contributed by atoms with Crippen molar-refractivity contribution in [2.24, 2.45) is 0 Å². The molecule has 0 fully saturated rings. The van der Waals surface area contributed by atoms with Crippen LogP contribution in [0.25, 0.3) is 0 Å². The third kappa shape index (κ3) is 3.40. The van der Waals surface area contributed by atoms with E-state index in [0.717, 1.165) is 24.5 Å². The number of hydrogen-bond donors (Lipinski definition) is 1. The van der Waals surface area contributed by atoms with Crippen LogP contribution in [0.1, 0.15) is 44.8 Å². The zero-order valence-electron chi connectivity index (χ0n) is 12.3. The molecular formula is C17H23NO. The van der Waals surface area contributed by atoms with Crippen LogP contribution in [0.15, 0.2) is 40.8 Å². The summed E-state index contributed by atoms with van der Waals surface area (Å²) >= 11 is 0. The van der Waals surface area contributed by atoms with Crippen LogP contribution in [0.3, 0.4) is 0 Å². The van der Waals surface area contributed by atoms with Gasteiger partial charge in [-0.2, -0.15) is 0 Å². The van der Waals surface area contributed by atoms with Crippen LogP contribution in [-0.2, 0) is 18.4 Å². The highest BCUT2D eigenvalue weighted by atomic mass is 16.3. The van der Waals surface area contributed by atoms with Crippen molar-refractivity contribution in [3.8, 4) is 0 Å². The van der Waals surface area contributed by atoms with Gasteiger partial charge in [0.25, 0.3) is 0 Å². The molecule has 0 atom stereocenters. The molecule has 1 aromatic carbocycles. The molecule has 1 heterocycles. The molecule has 0 radical (unpaired) electrons. The molecule has 19 heavy (non-hydrogen) atoms. The van der Waals surface area contributed by atoms with E-state index in [-0.39, 0.29) is 5.41 Å². The molecule has 2 rings (SSSR count). The van der Waals surface area contributed by atoms with Gasteiger partial charge in [-0.3, -0.25) is 0 Å². The van der Waals surface area contributed by atoms with Gasteiger partial charge in [-0.05, 0) is 29.2 Å². The van der Waals surface area contributed by atoms with E-state index in [2.05, 4.69) is 57.3 Å². The van der Waals surface area contributed by atoms with Gasteiger partial charge < -0.3 is 9.73 Å². The molecule has 1 N–H and O–H groups in total. The molecule has 2 nitrogen and oxygen atoms in total. The Balaban J connectivity index is 2.11. The maximum Gasteiger partial charge on any atom is 0.123 e. The van der Waals surface area contributed by atoms with Gasteiger partial charge in [0.2, 0.25) is 0 Å². The predicted molar refractivity (Wildman–Crippen MR) is 80.6 cm³/mol. The Kier molecular flexibility index (Phi) is 3.98. The molecule has 102 valence electrons. The van der Waals surface area contributed by atoms with E-state index < -0.39 is 0 Å². The fraction of sp³-hybridized carbons (Fsp3) is 0.412. The second-order valence-corrected chi connectivity index (χ2v) is 5.87. The number of anilines is 1. The molecule has 0 aliphatic rings. The summed E-state index contributed by atoms with van der Waals surface area (Å²) in [5.41, 5.74) is 2.66. The van der Waals surface area contributed by atoms with Crippen molar-refractivity contribution in [1.29, 1.82) is 0 Å². The highest BCUT2D eigenvalue weighted by Crippen LogP contribution is 2.29. The monoisotopic (exact) mass is 257 g/mol. The predicted octanol–water partition coefficient (Wildman–Crippen LogP) is 4.75. The number of nitrogens with one attached hydrogen (secondary N) is 1. The number of benzene rings is 1. The maximum atomic E-state index is 5.72. The van der Waals surface area contributed by atoms with Crippen molar-refractivity contribution in [3.63, 3.8) is 0 Å². The summed E-state index contributed by atoms with van der Waals surface area (Å²) < 4.78 is 5.72. The summed E-state index contributed by atoms with van der Waals surface area (Å²) in [4.78, 5) is 0. The molecular weight excluding hydrogens is 234 g/mol. The fourth-order valence-corrected chi connectivity index (χ4v) is 2.18. The first-order chi connectivity index (χ1) is 9.00. The lowest BCUT2D eigenvalue weighted by Gasteiger charge is -2.23. The van der Waals surface area contributed by atoms with E-state index in [1.54, 1.807) is 0 Å². The lowest BCUT2D eigenvalue weighted by Crippen LogP contribution is -2.14. The van der Waals surface area contributed by atoms with Crippen molar-refractivity contribution >= 4 is 5.69 Å². The summed E-state index contributed by atoms with van der Waals surface area (Å²) in [6.07, 6.45) is 0.943. The van der Waals surface area contributed by atoms with Crippen molar-refractivity contribution in [2.75, 3.05) is 5.32 Å². The van der Waals surface area contributed by atoms with E-state index in [0.29, 0.717) is 0 Å². The van der Waals surface area contributed by atoms with Crippen molar-refractivity contribution < 1.29 is 4.42 Å². The number of aryl methyl sites for hydroxylation is 1. The summed E-state index contributed by atoms with van der Waals surface area (Å²) in [5.74, 6) is 2.03. The van der Waals surface area contributed by atoms with Crippen molar-refractivity contribution in [3.05, 3.63) is 53.5 Å². The number of para-hydroxylation sites is 1. The fourth-order valence-electron chi connectivity index (χ4n) is 2.18. The molecule has 1 aromatic heterocycles. The Hall–Kier alpha value is -1.70. The smallest absolute Gasteiger partial charge is 0.123 e. The first kappa shape index (κ1) is 13.7. The number of rotatable bonds is 4. The standard InChI is InChI=1S/C17H23NO/c1-5-13-10-11-14(19-13)12-18-16-9-7-6-8-15(16)17(2,3)4/h6-11,18H,5,12H2,1-4H3. The molecule has 2 aromatic rings. The van der Waals surface area contributed by atoms with Gasteiger partial charge in [0.05, 0.1) is 6.54 Å². The highest BCUT2D eigenvalue weighted by Gasteiger charge is 2.17. The number of furan rings is 1. The second kappa shape index (κ2) is 5.52. The van der Waals surface area contributed by atoms with E-state index in [4.69, 9.17) is 4.42 Å². The minimum atomic E-state index is 0.140. The molecule has 0 aliphatic carbocycles. The third-order valence-corrected chi connectivity index (χ3v) is 3.25. The maximum absolute atomic E-state index is 5.72. The molecule has 0 aliphatic heterocycles. The Labute approximate surface area is 115 Å². The van der Waals surface area contributed by atoms with E-state index in [1.807, 2.05) is 12.1 Å². The topological polar surface area (TPSA) is 25.2 Å².